The van der Waals surface area contributed by atoms with E-state index in [1.165, 1.54) is 12.1 Å². The fourth-order valence-electron chi connectivity index (χ4n) is 2.75. The highest BCUT2D eigenvalue weighted by atomic mass is 19.4. The molecule has 1 aromatic rings. The molecule has 1 nitrogen and oxygen atoms in total. The van der Waals surface area contributed by atoms with E-state index in [1.54, 1.807) is 13.8 Å². The van der Waals surface area contributed by atoms with Crippen molar-refractivity contribution in [3.8, 4) is 0 Å². The minimum absolute atomic E-state index is 0.0216. The maximum Gasteiger partial charge on any atom is 0.416 e. The fraction of sp³-hybridized carbons (Fsp3) is 0.450. The highest BCUT2D eigenvalue weighted by molar-refractivity contribution is 6.21. The summed E-state index contributed by atoms with van der Waals surface area (Å²) in [6, 6.07) is 5.19. The fourth-order valence-corrected chi connectivity index (χ4v) is 2.75. The Morgan fingerprint density at radius 2 is 1.72 bits per heavy atom. The van der Waals surface area contributed by atoms with Gasteiger partial charge in [-0.15, -0.1) is 5.47 Å². The number of Topliss-reactive ketones (excluding diaryl/α,β-unsaturated/α-hetero) is 1. The molecule has 0 aliphatic carbocycles. The standard InChI is InChI=1S/C20H24BF3O/c1-4-6-17(13-14(2)21)19(15(3)25)8-5-7-16-9-11-18(12-10-16)20(22,23)24/h9-13H,4-8H2,1-3H3/b14-13+,19-17-. The minimum atomic E-state index is -4.31. The second-order valence-electron chi connectivity index (χ2n) is 6.25. The van der Waals surface area contributed by atoms with Crippen molar-refractivity contribution in [1.82, 2.24) is 0 Å². The zero-order valence-electron chi connectivity index (χ0n) is 15.0. The first-order valence-corrected chi connectivity index (χ1v) is 8.48. The number of aryl methyl sites for hydroxylation is 1. The third-order valence-corrected chi connectivity index (χ3v) is 3.91. The SMILES string of the molecule is [B]/C(C)=C/C(CCC)=C(/CCCc1ccc(C(F)(F)F)cc1)C(C)=O. The number of ketones is 1. The molecule has 0 saturated carbocycles. The van der Waals surface area contributed by atoms with E-state index in [-0.39, 0.29) is 5.78 Å². The van der Waals surface area contributed by atoms with Gasteiger partial charge < -0.3 is 0 Å². The summed E-state index contributed by atoms with van der Waals surface area (Å²) in [6.45, 7) is 5.37. The van der Waals surface area contributed by atoms with Crippen molar-refractivity contribution in [2.75, 3.05) is 0 Å². The Labute approximate surface area is 149 Å². The summed E-state index contributed by atoms with van der Waals surface area (Å²) in [5, 5.41) is 0. The van der Waals surface area contributed by atoms with Crippen molar-refractivity contribution in [3.05, 3.63) is 58.1 Å². The maximum atomic E-state index is 12.6. The van der Waals surface area contributed by atoms with Crippen LogP contribution in [0.3, 0.4) is 0 Å². The van der Waals surface area contributed by atoms with Crippen LogP contribution < -0.4 is 0 Å². The van der Waals surface area contributed by atoms with Crippen molar-refractivity contribution >= 4 is 13.6 Å². The van der Waals surface area contributed by atoms with Crippen molar-refractivity contribution in [1.29, 1.82) is 0 Å². The molecular weight excluding hydrogens is 324 g/mol. The third-order valence-electron chi connectivity index (χ3n) is 3.91. The molecule has 1 rings (SSSR count). The molecule has 2 radical (unpaired) electrons. The van der Waals surface area contributed by atoms with E-state index in [2.05, 4.69) is 0 Å². The number of halogens is 3. The molecule has 0 fully saturated rings. The van der Waals surface area contributed by atoms with E-state index >= 15 is 0 Å². The monoisotopic (exact) mass is 348 g/mol. The lowest BCUT2D eigenvalue weighted by Crippen LogP contribution is -2.05. The predicted octanol–water partition coefficient (Wildman–Crippen LogP) is 5.79. The van der Waals surface area contributed by atoms with Gasteiger partial charge in [0.25, 0.3) is 0 Å². The number of benzene rings is 1. The number of carbonyl (C=O) groups is 1. The van der Waals surface area contributed by atoms with E-state index in [4.69, 9.17) is 7.85 Å². The Hall–Kier alpha value is -1.78. The third kappa shape index (κ3) is 7.33. The van der Waals surface area contributed by atoms with Gasteiger partial charge in [-0.3, -0.25) is 4.79 Å². The van der Waals surface area contributed by atoms with Crippen LogP contribution in [0.4, 0.5) is 13.2 Å². The second-order valence-corrected chi connectivity index (χ2v) is 6.25. The van der Waals surface area contributed by atoms with E-state index in [0.29, 0.717) is 24.7 Å². The van der Waals surface area contributed by atoms with E-state index in [9.17, 15) is 18.0 Å². The quantitative estimate of drug-likeness (QED) is 0.330. The van der Waals surface area contributed by atoms with E-state index in [0.717, 1.165) is 41.7 Å². The molecule has 0 unspecified atom stereocenters. The topological polar surface area (TPSA) is 17.1 Å². The second kappa shape index (κ2) is 9.64. The van der Waals surface area contributed by atoms with Crippen molar-refractivity contribution in [2.45, 2.75) is 59.1 Å². The first-order valence-electron chi connectivity index (χ1n) is 8.48. The van der Waals surface area contributed by atoms with Crippen LogP contribution in [-0.2, 0) is 17.4 Å². The van der Waals surface area contributed by atoms with E-state index < -0.39 is 11.7 Å². The molecule has 0 aliphatic heterocycles. The van der Waals surface area contributed by atoms with Crippen molar-refractivity contribution in [3.63, 3.8) is 0 Å². The average Bonchev–Trinajstić information content (AvgIpc) is 2.50. The van der Waals surface area contributed by atoms with Crippen LogP contribution in [0.2, 0.25) is 0 Å². The zero-order valence-corrected chi connectivity index (χ0v) is 15.0. The number of carbonyl (C=O) groups excluding carboxylic acids is 1. The van der Waals surface area contributed by atoms with Gasteiger partial charge in [-0.05, 0) is 61.4 Å². The summed E-state index contributed by atoms with van der Waals surface area (Å²) in [5.74, 6) is 0.0216. The van der Waals surface area contributed by atoms with Crippen LogP contribution in [-0.4, -0.2) is 13.6 Å². The Kier molecular flexibility index (Phi) is 8.20. The largest absolute Gasteiger partial charge is 0.416 e. The van der Waals surface area contributed by atoms with Gasteiger partial charge in [0.05, 0.1) is 5.56 Å². The summed E-state index contributed by atoms with van der Waals surface area (Å²) in [7, 11) is 5.75. The van der Waals surface area contributed by atoms with Gasteiger partial charge in [-0.2, -0.15) is 13.2 Å². The van der Waals surface area contributed by atoms with Gasteiger partial charge in [0, 0.05) is 0 Å². The summed E-state index contributed by atoms with van der Waals surface area (Å²) in [5.41, 5.74) is 2.57. The van der Waals surface area contributed by atoms with E-state index in [1.807, 2.05) is 13.0 Å². The summed E-state index contributed by atoms with van der Waals surface area (Å²) in [4.78, 5) is 12.0. The molecule has 0 atom stereocenters. The van der Waals surface area contributed by atoms with Crippen LogP contribution in [0, 0.1) is 0 Å². The van der Waals surface area contributed by atoms with Crippen LogP contribution in [0.25, 0.3) is 0 Å². The van der Waals surface area contributed by atoms with Gasteiger partial charge >= 0.3 is 6.18 Å². The molecule has 134 valence electrons. The Balaban J connectivity index is 2.82. The van der Waals surface area contributed by atoms with Gasteiger partial charge in [0.15, 0.2) is 5.78 Å². The molecule has 0 N–H and O–H groups in total. The molecule has 0 spiro atoms. The highest BCUT2D eigenvalue weighted by Gasteiger charge is 2.29. The van der Waals surface area contributed by atoms with Crippen molar-refractivity contribution < 1.29 is 18.0 Å². The molecule has 0 bridgehead atoms. The maximum absolute atomic E-state index is 12.6. The summed E-state index contributed by atoms with van der Waals surface area (Å²) in [6.07, 6.45) is 1.14. The van der Waals surface area contributed by atoms with Gasteiger partial charge in [0.2, 0.25) is 0 Å². The molecule has 0 aromatic heterocycles. The predicted molar refractivity (Wildman–Crippen MR) is 96.5 cm³/mol. The molecule has 0 saturated heterocycles. The lowest BCUT2D eigenvalue weighted by Gasteiger charge is -2.11. The molecule has 0 heterocycles. The first kappa shape index (κ1) is 21.3. The number of rotatable bonds is 8. The number of allylic oxidation sites excluding steroid dienone is 4. The summed E-state index contributed by atoms with van der Waals surface area (Å²) >= 11 is 0. The Morgan fingerprint density at radius 1 is 1.12 bits per heavy atom. The Bertz CT molecular complexity index is 636. The summed E-state index contributed by atoms with van der Waals surface area (Å²) < 4.78 is 37.7. The smallest absolute Gasteiger partial charge is 0.295 e. The van der Waals surface area contributed by atoms with Gasteiger partial charge in [-0.1, -0.05) is 38.5 Å². The minimum Gasteiger partial charge on any atom is -0.295 e. The molecule has 25 heavy (non-hydrogen) atoms. The normalized spacial score (nSPS) is 13.6. The number of hydrogen-bond donors (Lipinski definition) is 0. The molecule has 5 heteroatoms. The lowest BCUT2D eigenvalue weighted by molar-refractivity contribution is -0.137. The number of hydrogen-bond acceptors (Lipinski definition) is 1. The van der Waals surface area contributed by atoms with Gasteiger partial charge in [0.1, 0.15) is 7.85 Å². The first-order chi connectivity index (χ1) is 11.6. The van der Waals surface area contributed by atoms with Crippen LogP contribution in [0.5, 0.6) is 0 Å². The highest BCUT2D eigenvalue weighted by Crippen LogP contribution is 2.29. The van der Waals surface area contributed by atoms with Gasteiger partial charge in [-0.25, -0.2) is 0 Å². The molecular formula is C20H24BF3O. The molecule has 1 aromatic carbocycles. The van der Waals surface area contributed by atoms with Crippen LogP contribution >= 0.6 is 0 Å². The lowest BCUT2D eigenvalue weighted by atomic mass is 9.89. The van der Waals surface area contributed by atoms with Crippen molar-refractivity contribution in [2.24, 2.45) is 0 Å². The number of alkyl halides is 3. The average molecular weight is 348 g/mol. The Morgan fingerprint density at radius 3 is 2.16 bits per heavy atom. The van der Waals surface area contributed by atoms with Crippen LogP contribution in [0.15, 0.2) is 47.0 Å². The molecule has 0 aliphatic rings. The molecule has 0 amide bonds. The van der Waals surface area contributed by atoms with Crippen LogP contribution in [0.1, 0.15) is 57.6 Å². The zero-order chi connectivity index (χ0) is 19.0.